The summed E-state index contributed by atoms with van der Waals surface area (Å²) in [5.41, 5.74) is -4.42. The molecule has 0 aliphatic carbocycles. The molecule has 0 aromatic heterocycles. The predicted octanol–water partition coefficient (Wildman–Crippen LogP) is 6.19. The molecule has 0 aliphatic rings. The minimum Gasteiger partial charge on any atom is -0.366 e. The maximum atomic E-state index is 14.4. The molecule has 0 saturated carbocycles. The zero-order chi connectivity index (χ0) is 21.7. The lowest BCUT2D eigenvalue weighted by molar-refractivity contribution is -0.348. The largest absolute Gasteiger partial charge is 0.435 e. The lowest BCUT2D eigenvalue weighted by atomic mass is 9.91. The number of hydrogen-bond donors (Lipinski definition) is 1. The number of benzene rings is 2. The molecule has 0 spiro atoms. The van der Waals surface area contributed by atoms with E-state index in [-0.39, 0.29) is 12.1 Å². The predicted molar refractivity (Wildman–Crippen MR) is 85.3 cm³/mol. The van der Waals surface area contributed by atoms with E-state index < -0.39 is 62.0 Å². The van der Waals surface area contributed by atoms with Gasteiger partial charge in [0.05, 0.1) is 15.6 Å². The molecular formula is C16H7Cl2F8NO. The zero-order valence-corrected chi connectivity index (χ0v) is 14.7. The summed E-state index contributed by atoms with van der Waals surface area (Å²) in [5, 5.41) is -1.81. The van der Waals surface area contributed by atoms with E-state index in [1.807, 2.05) is 0 Å². The Hall–Kier alpha value is -2.07. The van der Waals surface area contributed by atoms with Crippen LogP contribution in [0.5, 0.6) is 0 Å². The Balaban J connectivity index is 2.78. The van der Waals surface area contributed by atoms with Gasteiger partial charge in [-0.1, -0.05) is 35.3 Å². The molecule has 2 rings (SSSR count). The summed E-state index contributed by atoms with van der Waals surface area (Å²) in [6.45, 7) is 0. The Bertz CT molecular complexity index is 902. The fourth-order valence-corrected chi connectivity index (χ4v) is 3.12. The van der Waals surface area contributed by atoms with Gasteiger partial charge in [-0.3, -0.25) is 4.79 Å². The lowest BCUT2D eigenvalue weighted by Crippen LogP contribution is -2.50. The van der Waals surface area contributed by atoms with Gasteiger partial charge < -0.3 is 5.73 Å². The quantitative estimate of drug-likeness (QED) is 0.555. The van der Waals surface area contributed by atoms with Crippen LogP contribution in [0.25, 0.3) is 11.1 Å². The maximum absolute atomic E-state index is 14.4. The monoisotopic (exact) mass is 451 g/mol. The second kappa shape index (κ2) is 7.07. The highest BCUT2D eigenvalue weighted by Crippen LogP contribution is 2.54. The van der Waals surface area contributed by atoms with Crippen LogP contribution >= 0.6 is 23.2 Å². The Morgan fingerprint density at radius 3 is 1.75 bits per heavy atom. The van der Waals surface area contributed by atoms with Crippen molar-refractivity contribution >= 4 is 29.1 Å². The van der Waals surface area contributed by atoms with Crippen molar-refractivity contribution in [2.45, 2.75) is 18.0 Å². The van der Waals surface area contributed by atoms with Gasteiger partial charge in [0.25, 0.3) is 5.91 Å². The molecule has 152 valence electrons. The van der Waals surface area contributed by atoms with Crippen LogP contribution in [0.1, 0.15) is 15.9 Å². The molecule has 1 amide bonds. The van der Waals surface area contributed by atoms with E-state index in [1.165, 1.54) is 0 Å². The highest BCUT2D eigenvalue weighted by atomic mass is 35.5. The van der Waals surface area contributed by atoms with Gasteiger partial charge in [-0.15, -0.1) is 0 Å². The third kappa shape index (κ3) is 3.50. The lowest BCUT2D eigenvalue weighted by Gasteiger charge is -2.30. The minimum absolute atomic E-state index is 0.0418. The van der Waals surface area contributed by atoms with Crippen LogP contribution < -0.4 is 5.73 Å². The van der Waals surface area contributed by atoms with E-state index in [0.717, 1.165) is 18.2 Å². The molecule has 2 N–H and O–H groups in total. The second-order valence-electron chi connectivity index (χ2n) is 5.50. The van der Waals surface area contributed by atoms with Gasteiger partial charge in [-0.25, -0.2) is 8.78 Å². The topological polar surface area (TPSA) is 43.1 Å². The maximum Gasteiger partial charge on any atom is 0.435 e. The summed E-state index contributed by atoms with van der Waals surface area (Å²) in [7, 11) is 0. The summed E-state index contributed by atoms with van der Waals surface area (Å²) >= 11 is 11.4. The molecule has 0 unspecified atom stereocenters. The van der Waals surface area contributed by atoms with Gasteiger partial charge in [-0.2, -0.15) is 26.3 Å². The average molecular weight is 452 g/mol. The number of carbonyl (C=O) groups is 1. The first-order valence-corrected chi connectivity index (χ1v) is 7.79. The highest BCUT2D eigenvalue weighted by Gasteiger charge is 2.73. The SMILES string of the molecule is NC(=O)c1cccc(-c2c(Cl)cc(C(F)(C(F)(F)F)C(F)(F)F)cc2Cl)c1F. The third-order valence-corrected chi connectivity index (χ3v) is 4.35. The van der Waals surface area contributed by atoms with Gasteiger partial charge in [-0.05, 0) is 18.2 Å². The smallest absolute Gasteiger partial charge is 0.366 e. The minimum atomic E-state index is -6.38. The zero-order valence-electron chi connectivity index (χ0n) is 13.2. The number of nitrogens with two attached hydrogens (primary N) is 1. The van der Waals surface area contributed by atoms with E-state index in [4.69, 9.17) is 28.9 Å². The van der Waals surface area contributed by atoms with E-state index in [9.17, 15) is 39.9 Å². The Morgan fingerprint density at radius 1 is 0.893 bits per heavy atom. The number of primary amides is 1. The van der Waals surface area contributed by atoms with Crippen LogP contribution in [0.3, 0.4) is 0 Å². The molecule has 2 aromatic carbocycles. The number of rotatable bonds is 3. The van der Waals surface area contributed by atoms with Crippen molar-refractivity contribution in [2.75, 3.05) is 0 Å². The molecule has 0 saturated heterocycles. The van der Waals surface area contributed by atoms with Gasteiger partial charge >= 0.3 is 18.0 Å². The van der Waals surface area contributed by atoms with Crippen molar-refractivity contribution in [3.8, 4) is 11.1 Å². The summed E-state index contributed by atoms with van der Waals surface area (Å²) in [6.07, 6.45) is -12.8. The first-order valence-electron chi connectivity index (χ1n) is 7.03. The van der Waals surface area contributed by atoms with Crippen molar-refractivity contribution < 1.29 is 39.9 Å². The molecule has 2 aromatic rings. The average Bonchev–Trinajstić information content (AvgIpc) is 2.52. The number of amides is 1. The standard InChI is InChI=1S/C16H7Cl2F8NO/c17-9-4-6(14(20,15(21,22)23)16(24,25)26)5-10(18)11(9)7-2-1-3-8(12(7)19)13(27)28/h1-5H,(H2,27,28). The van der Waals surface area contributed by atoms with Crippen molar-refractivity contribution in [2.24, 2.45) is 5.73 Å². The van der Waals surface area contributed by atoms with Gasteiger partial charge in [0, 0.05) is 16.7 Å². The number of alkyl halides is 7. The molecule has 0 fully saturated rings. The Morgan fingerprint density at radius 2 is 1.36 bits per heavy atom. The number of hydrogen-bond acceptors (Lipinski definition) is 1. The van der Waals surface area contributed by atoms with Crippen molar-refractivity contribution in [1.82, 2.24) is 0 Å². The molecule has 0 heterocycles. The van der Waals surface area contributed by atoms with Gasteiger partial charge in [0.15, 0.2) is 0 Å². The molecule has 0 radical (unpaired) electrons. The van der Waals surface area contributed by atoms with E-state index >= 15 is 0 Å². The molecule has 0 aliphatic heterocycles. The van der Waals surface area contributed by atoms with Crippen LogP contribution in [0.4, 0.5) is 35.1 Å². The fraction of sp³-hybridized carbons (Fsp3) is 0.188. The molecular weight excluding hydrogens is 445 g/mol. The van der Waals surface area contributed by atoms with Crippen molar-refractivity contribution in [3.63, 3.8) is 0 Å². The fourth-order valence-electron chi connectivity index (χ4n) is 2.43. The van der Waals surface area contributed by atoms with E-state index in [0.29, 0.717) is 0 Å². The highest BCUT2D eigenvalue weighted by molar-refractivity contribution is 6.39. The molecule has 28 heavy (non-hydrogen) atoms. The van der Waals surface area contributed by atoms with Crippen LogP contribution in [0, 0.1) is 5.82 Å². The first-order chi connectivity index (χ1) is 12.6. The van der Waals surface area contributed by atoms with E-state index in [1.54, 1.807) is 0 Å². The number of halogens is 10. The molecule has 12 heteroatoms. The molecule has 0 atom stereocenters. The number of carbonyl (C=O) groups excluding carboxylic acids is 1. The van der Waals surface area contributed by atoms with Crippen LogP contribution in [0.2, 0.25) is 10.0 Å². The third-order valence-electron chi connectivity index (χ3n) is 3.75. The normalized spacial score (nSPS) is 12.9. The van der Waals surface area contributed by atoms with Crippen molar-refractivity contribution in [3.05, 3.63) is 57.3 Å². The molecule has 2 nitrogen and oxygen atoms in total. The van der Waals surface area contributed by atoms with Gasteiger partial charge in [0.1, 0.15) is 5.82 Å². The second-order valence-corrected chi connectivity index (χ2v) is 6.31. The summed E-state index contributed by atoms with van der Waals surface area (Å²) in [4.78, 5) is 11.2. The van der Waals surface area contributed by atoms with Gasteiger partial charge in [0.2, 0.25) is 0 Å². The van der Waals surface area contributed by atoms with Crippen molar-refractivity contribution in [1.29, 1.82) is 0 Å². The van der Waals surface area contributed by atoms with Crippen LogP contribution in [0.15, 0.2) is 30.3 Å². The molecule has 0 bridgehead atoms. The summed E-state index contributed by atoms with van der Waals surface area (Å²) < 4.78 is 106. The van der Waals surface area contributed by atoms with Crippen LogP contribution in [-0.4, -0.2) is 18.3 Å². The Labute approximate surface area is 161 Å². The first kappa shape index (κ1) is 22.2. The Kier molecular flexibility index (Phi) is 5.61. The summed E-state index contributed by atoms with van der Waals surface area (Å²) in [6, 6.07) is 3.20. The summed E-state index contributed by atoms with van der Waals surface area (Å²) in [5.74, 6) is -2.45. The van der Waals surface area contributed by atoms with Crippen LogP contribution in [-0.2, 0) is 5.67 Å². The van der Waals surface area contributed by atoms with E-state index in [2.05, 4.69) is 0 Å².